The Balaban J connectivity index is 2.32. The van der Waals surface area contributed by atoms with E-state index in [1.807, 2.05) is 11.9 Å². The summed E-state index contributed by atoms with van der Waals surface area (Å²) in [5.41, 5.74) is -0.415. The van der Waals surface area contributed by atoms with Crippen molar-refractivity contribution in [1.29, 1.82) is 0 Å². The minimum absolute atomic E-state index is 0.115. The third-order valence-corrected chi connectivity index (χ3v) is 4.00. The molecule has 21 heavy (non-hydrogen) atoms. The van der Waals surface area contributed by atoms with Gasteiger partial charge in [0.2, 0.25) is 0 Å². The molecule has 1 aromatic heterocycles. The molecule has 7 nitrogen and oxygen atoms in total. The van der Waals surface area contributed by atoms with Gasteiger partial charge in [-0.1, -0.05) is 25.7 Å². The fourth-order valence-corrected chi connectivity index (χ4v) is 2.80. The average molecular weight is 293 g/mol. The van der Waals surface area contributed by atoms with E-state index in [9.17, 15) is 20.0 Å². The maximum Gasteiger partial charge on any atom is 0.339 e. The van der Waals surface area contributed by atoms with Gasteiger partial charge in [-0.3, -0.25) is 10.1 Å². The predicted octanol–water partition coefficient (Wildman–Crippen LogP) is 2.85. The van der Waals surface area contributed by atoms with E-state index in [1.54, 1.807) is 0 Å². The number of carboxylic acid groups (broad SMARTS) is 1. The number of aromatic carboxylic acids is 1. The van der Waals surface area contributed by atoms with Gasteiger partial charge < -0.3 is 10.0 Å². The zero-order valence-electron chi connectivity index (χ0n) is 12.0. The summed E-state index contributed by atoms with van der Waals surface area (Å²) < 4.78 is 0. The number of aromatic nitrogens is 1. The predicted molar refractivity (Wildman–Crippen MR) is 77.7 cm³/mol. The maximum absolute atomic E-state index is 11.4. The molecular weight excluding hydrogens is 274 g/mol. The lowest BCUT2D eigenvalue weighted by Gasteiger charge is -2.29. The van der Waals surface area contributed by atoms with Crippen molar-refractivity contribution >= 4 is 17.5 Å². The Bertz CT molecular complexity index is 539. The van der Waals surface area contributed by atoms with E-state index in [-0.39, 0.29) is 17.3 Å². The van der Waals surface area contributed by atoms with Gasteiger partial charge in [-0.2, -0.15) is 0 Å². The molecule has 114 valence electrons. The molecule has 1 aromatic rings. The summed E-state index contributed by atoms with van der Waals surface area (Å²) in [6.45, 7) is 0. The lowest BCUT2D eigenvalue weighted by Crippen LogP contribution is -2.33. The monoisotopic (exact) mass is 293 g/mol. The van der Waals surface area contributed by atoms with Gasteiger partial charge in [0.15, 0.2) is 0 Å². The molecule has 0 saturated heterocycles. The standard InChI is InChI=1S/C14H19N3O4/c1-16(10-6-4-2-3-5-7-10)13-12(14(18)19)8-11(9-15-13)17(20)21/h8-10H,2-7H2,1H3,(H,18,19). The van der Waals surface area contributed by atoms with Crippen LogP contribution in [0.15, 0.2) is 12.3 Å². The molecule has 1 N–H and O–H groups in total. The minimum Gasteiger partial charge on any atom is -0.478 e. The normalized spacial score (nSPS) is 16.2. The number of anilines is 1. The van der Waals surface area contributed by atoms with Gasteiger partial charge in [0, 0.05) is 19.2 Å². The number of rotatable bonds is 4. The Hall–Kier alpha value is -2.18. The van der Waals surface area contributed by atoms with Crippen LogP contribution in [0.1, 0.15) is 48.9 Å². The summed E-state index contributed by atoms with van der Waals surface area (Å²) in [5, 5.41) is 20.0. The topological polar surface area (TPSA) is 96.6 Å². The highest BCUT2D eigenvalue weighted by molar-refractivity contribution is 5.94. The van der Waals surface area contributed by atoms with Gasteiger partial charge in [-0.05, 0) is 12.8 Å². The molecular formula is C14H19N3O4. The van der Waals surface area contributed by atoms with Crippen molar-refractivity contribution < 1.29 is 14.8 Å². The van der Waals surface area contributed by atoms with Gasteiger partial charge in [0.1, 0.15) is 17.6 Å². The molecule has 2 rings (SSSR count). The first-order valence-corrected chi connectivity index (χ1v) is 7.11. The van der Waals surface area contributed by atoms with E-state index < -0.39 is 10.9 Å². The summed E-state index contributed by atoms with van der Waals surface area (Å²) >= 11 is 0. The number of carbonyl (C=O) groups is 1. The molecule has 0 spiro atoms. The molecule has 0 atom stereocenters. The molecule has 7 heteroatoms. The number of nitrogens with zero attached hydrogens (tertiary/aromatic N) is 3. The lowest BCUT2D eigenvalue weighted by atomic mass is 10.1. The fourth-order valence-electron chi connectivity index (χ4n) is 2.80. The Kier molecular flexibility index (Phi) is 4.72. The Labute approximate surface area is 122 Å². The van der Waals surface area contributed by atoms with Gasteiger partial charge in [-0.15, -0.1) is 0 Å². The van der Waals surface area contributed by atoms with Crippen molar-refractivity contribution in [2.75, 3.05) is 11.9 Å². The second kappa shape index (κ2) is 6.51. The number of carboxylic acids is 1. The third-order valence-electron chi connectivity index (χ3n) is 4.00. The van der Waals surface area contributed by atoms with E-state index in [0.717, 1.165) is 37.9 Å². The summed E-state index contributed by atoms with van der Waals surface area (Å²) in [7, 11) is 1.82. The Morgan fingerprint density at radius 2 is 2.00 bits per heavy atom. The van der Waals surface area contributed by atoms with Crippen LogP contribution in [0.5, 0.6) is 0 Å². The highest BCUT2D eigenvalue weighted by Crippen LogP contribution is 2.28. The summed E-state index contributed by atoms with van der Waals surface area (Å²) in [5.74, 6) is -0.887. The largest absolute Gasteiger partial charge is 0.478 e. The highest BCUT2D eigenvalue weighted by atomic mass is 16.6. The lowest BCUT2D eigenvalue weighted by molar-refractivity contribution is -0.385. The fraction of sp³-hybridized carbons (Fsp3) is 0.571. The second-order valence-electron chi connectivity index (χ2n) is 5.38. The van der Waals surface area contributed by atoms with Crippen LogP contribution in [-0.4, -0.2) is 34.1 Å². The minimum atomic E-state index is -1.19. The molecule has 1 heterocycles. The molecule has 1 aliphatic carbocycles. The molecule has 1 fully saturated rings. The van der Waals surface area contributed by atoms with E-state index in [0.29, 0.717) is 5.82 Å². The first-order chi connectivity index (χ1) is 10.0. The number of pyridine rings is 1. The van der Waals surface area contributed by atoms with E-state index in [4.69, 9.17) is 0 Å². The molecule has 1 aliphatic rings. The SMILES string of the molecule is CN(c1ncc([N+](=O)[O-])cc1C(=O)O)C1CCCCCC1. The van der Waals surface area contributed by atoms with Gasteiger partial charge in [-0.25, -0.2) is 9.78 Å². The van der Waals surface area contributed by atoms with Crippen molar-refractivity contribution in [2.45, 2.75) is 44.6 Å². The van der Waals surface area contributed by atoms with Crippen molar-refractivity contribution in [3.63, 3.8) is 0 Å². The quantitative estimate of drug-likeness (QED) is 0.521. The zero-order valence-corrected chi connectivity index (χ0v) is 12.0. The number of nitro groups is 1. The van der Waals surface area contributed by atoms with Gasteiger partial charge >= 0.3 is 5.97 Å². The van der Waals surface area contributed by atoms with Crippen LogP contribution >= 0.6 is 0 Å². The molecule has 0 aromatic carbocycles. The summed E-state index contributed by atoms with van der Waals surface area (Å²) in [6.07, 6.45) is 7.74. The van der Waals surface area contributed by atoms with E-state index >= 15 is 0 Å². The average Bonchev–Trinajstić information content (AvgIpc) is 2.74. The van der Waals surface area contributed by atoms with Crippen LogP contribution in [0.3, 0.4) is 0 Å². The third kappa shape index (κ3) is 3.48. The smallest absolute Gasteiger partial charge is 0.339 e. The zero-order chi connectivity index (χ0) is 15.4. The van der Waals surface area contributed by atoms with Crippen LogP contribution in [-0.2, 0) is 0 Å². The molecule has 0 bridgehead atoms. The number of hydrogen-bond donors (Lipinski definition) is 1. The molecule has 0 aliphatic heterocycles. The first kappa shape index (κ1) is 15.2. The Morgan fingerprint density at radius 1 is 1.38 bits per heavy atom. The van der Waals surface area contributed by atoms with Crippen LogP contribution in [0.2, 0.25) is 0 Å². The molecule has 0 radical (unpaired) electrons. The van der Waals surface area contributed by atoms with Crippen LogP contribution in [0, 0.1) is 10.1 Å². The van der Waals surface area contributed by atoms with E-state index in [2.05, 4.69) is 4.98 Å². The Morgan fingerprint density at radius 3 is 2.52 bits per heavy atom. The maximum atomic E-state index is 11.4. The van der Waals surface area contributed by atoms with Crippen LogP contribution in [0.25, 0.3) is 0 Å². The second-order valence-corrected chi connectivity index (χ2v) is 5.38. The van der Waals surface area contributed by atoms with Crippen LogP contribution in [0.4, 0.5) is 11.5 Å². The van der Waals surface area contributed by atoms with Crippen molar-refractivity contribution in [1.82, 2.24) is 4.98 Å². The van der Waals surface area contributed by atoms with E-state index in [1.165, 1.54) is 12.8 Å². The van der Waals surface area contributed by atoms with Crippen molar-refractivity contribution in [2.24, 2.45) is 0 Å². The molecule has 0 unspecified atom stereocenters. The highest BCUT2D eigenvalue weighted by Gasteiger charge is 2.24. The van der Waals surface area contributed by atoms with Crippen molar-refractivity contribution in [3.05, 3.63) is 27.9 Å². The van der Waals surface area contributed by atoms with Gasteiger partial charge in [0.25, 0.3) is 5.69 Å². The molecule has 0 amide bonds. The first-order valence-electron chi connectivity index (χ1n) is 7.11. The molecule has 1 saturated carbocycles. The summed E-state index contributed by atoms with van der Waals surface area (Å²) in [6, 6.07) is 1.32. The van der Waals surface area contributed by atoms with Gasteiger partial charge in [0.05, 0.1) is 4.92 Å². The summed E-state index contributed by atoms with van der Waals surface area (Å²) in [4.78, 5) is 27.4. The number of hydrogen-bond acceptors (Lipinski definition) is 5. The van der Waals surface area contributed by atoms with Crippen molar-refractivity contribution in [3.8, 4) is 0 Å². The van der Waals surface area contributed by atoms with Crippen LogP contribution < -0.4 is 4.90 Å².